The van der Waals surface area contributed by atoms with Gasteiger partial charge in [0.1, 0.15) is 0 Å². The van der Waals surface area contributed by atoms with Crippen molar-refractivity contribution in [3.8, 4) is 0 Å². The predicted octanol–water partition coefficient (Wildman–Crippen LogP) is 1.23. The number of nitrogens with two attached hydrogens (primary N) is 1. The molecule has 0 unspecified atom stereocenters. The second-order valence-electron chi connectivity index (χ2n) is 3.87. The van der Waals surface area contributed by atoms with Crippen LogP contribution in [0.15, 0.2) is 41.1 Å². The van der Waals surface area contributed by atoms with Crippen LogP contribution in [0.25, 0.3) is 0 Å². The molecule has 0 fully saturated rings. The Morgan fingerprint density at radius 2 is 2.11 bits per heavy atom. The molecule has 0 aliphatic heterocycles. The lowest BCUT2D eigenvalue weighted by Crippen LogP contribution is -2.31. The second-order valence-corrected chi connectivity index (χ2v) is 4.78. The van der Waals surface area contributed by atoms with Gasteiger partial charge in [0.05, 0.1) is 23.6 Å². The molecule has 1 aromatic heterocycles. The van der Waals surface area contributed by atoms with Gasteiger partial charge in [-0.05, 0) is 27.1 Å². The van der Waals surface area contributed by atoms with Gasteiger partial charge in [0.15, 0.2) is 0 Å². The van der Waals surface area contributed by atoms with E-state index in [2.05, 4.69) is 26.5 Å². The topological polar surface area (TPSA) is 72.9 Å². The summed E-state index contributed by atoms with van der Waals surface area (Å²) in [6.45, 7) is 0.625. The van der Waals surface area contributed by atoms with E-state index in [4.69, 9.17) is 5.84 Å². The molecule has 1 aromatic carbocycles. The van der Waals surface area contributed by atoms with Crippen LogP contribution in [-0.2, 0) is 17.8 Å². The van der Waals surface area contributed by atoms with Gasteiger partial charge in [0, 0.05) is 6.20 Å². The maximum atomic E-state index is 11.3. The average molecular weight is 309 g/mol. The third-order valence-corrected chi connectivity index (χ3v) is 2.97. The van der Waals surface area contributed by atoms with Crippen LogP contribution in [0.5, 0.6) is 0 Å². The van der Waals surface area contributed by atoms with Crippen molar-refractivity contribution in [1.29, 1.82) is 0 Å². The SMILES string of the molecule is NNC(=O)Cc1ccccc1Cn1cc(Br)cn1. The number of hydrogen-bond donors (Lipinski definition) is 2. The van der Waals surface area contributed by atoms with E-state index in [1.807, 2.05) is 35.1 Å². The number of hydrazine groups is 1. The third kappa shape index (κ3) is 3.18. The maximum absolute atomic E-state index is 11.3. The summed E-state index contributed by atoms with van der Waals surface area (Å²) in [5, 5.41) is 4.20. The first kappa shape index (κ1) is 12.8. The van der Waals surface area contributed by atoms with Gasteiger partial charge in [-0.2, -0.15) is 5.10 Å². The summed E-state index contributed by atoms with van der Waals surface area (Å²) >= 11 is 3.35. The first-order valence-electron chi connectivity index (χ1n) is 5.43. The minimum atomic E-state index is -0.205. The zero-order valence-electron chi connectivity index (χ0n) is 9.64. The molecule has 5 nitrogen and oxygen atoms in total. The van der Waals surface area contributed by atoms with E-state index >= 15 is 0 Å². The Morgan fingerprint density at radius 3 is 2.72 bits per heavy atom. The Labute approximate surface area is 113 Å². The number of halogens is 1. The van der Waals surface area contributed by atoms with Gasteiger partial charge < -0.3 is 0 Å². The molecule has 3 N–H and O–H groups in total. The summed E-state index contributed by atoms with van der Waals surface area (Å²) in [5.41, 5.74) is 4.14. The zero-order valence-corrected chi connectivity index (χ0v) is 11.2. The van der Waals surface area contributed by atoms with E-state index in [0.717, 1.165) is 15.6 Å². The zero-order chi connectivity index (χ0) is 13.0. The van der Waals surface area contributed by atoms with Crippen LogP contribution in [0.1, 0.15) is 11.1 Å². The van der Waals surface area contributed by atoms with Crippen molar-refractivity contribution in [2.45, 2.75) is 13.0 Å². The molecule has 0 saturated carbocycles. The summed E-state index contributed by atoms with van der Waals surface area (Å²) in [5.74, 6) is 4.90. The van der Waals surface area contributed by atoms with E-state index < -0.39 is 0 Å². The number of aromatic nitrogens is 2. The van der Waals surface area contributed by atoms with Gasteiger partial charge in [-0.25, -0.2) is 5.84 Å². The van der Waals surface area contributed by atoms with Crippen molar-refractivity contribution in [3.05, 3.63) is 52.3 Å². The Bertz CT molecular complexity index is 553. The van der Waals surface area contributed by atoms with Gasteiger partial charge in [0.25, 0.3) is 0 Å². The van der Waals surface area contributed by atoms with Crippen LogP contribution in [0.4, 0.5) is 0 Å². The molecule has 1 heterocycles. The number of carbonyl (C=O) groups excluding carboxylic acids is 1. The number of nitrogens with one attached hydrogen (secondary N) is 1. The van der Waals surface area contributed by atoms with Crippen LogP contribution in [0.3, 0.4) is 0 Å². The van der Waals surface area contributed by atoms with E-state index in [1.54, 1.807) is 6.20 Å². The number of benzene rings is 1. The Hall–Kier alpha value is -1.66. The second kappa shape index (κ2) is 5.79. The third-order valence-electron chi connectivity index (χ3n) is 2.56. The first-order chi connectivity index (χ1) is 8.69. The van der Waals surface area contributed by atoms with Gasteiger partial charge in [-0.15, -0.1) is 0 Å². The van der Waals surface area contributed by atoms with Crippen molar-refractivity contribution >= 4 is 21.8 Å². The van der Waals surface area contributed by atoms with E-state index in [-0.39, 0.29) is 12.3 Å². The average Bonchev–Trinajstić information content (AvgIpc) is 2.77. The summed E-state index contributed by atoms with van der Waals surface area (Å²) in [6.07, 6.45) is 3.89. The fourth-order valence-electron chi connectivity index (χ4n) is 1.71. The van der Waals surface area contributed by atoms with Gasteiger partial charge in [0.2, 0.25) is 5.91 Å². The van der Waals surface area contributed by atoms with Crippen LogP contribution in [0, 0.1) is 0 Å². The summed E-state index contributed by atoms with van der Waals surface area (Å²) < 4.78 is 2.74. The molecule has 0 radical (unpaired) electrons. The smallest absolute Gasteiger partial charge is 0.238 e. The highest BCUT2D eigenvalue weighted by atomic mass is 79.9. The molecule has 0 saturated heterocycles. The quantitative estimate of drug-likeness (QED) is 0.507. The Morgan fingerprint density at radius 1 is 1.39 bits per heavy atom. The number of hydrogen-bond acceptors (Lipinski definition) is 3. The normalized spacial score (nSPS) is 10.3. The number of carbonyl (C=O) groups is 1. The molecule has 6 heteroatoms. The lowest BCUT2D eigenvalue weighted by molar-refractivity contribution is -0.120. The van der Waals surface area contributed by atoms with Crippen LogP contribution < -0.4 is 11.3 Å². The molecular formula is C12H13BrN4O. The Kier molecular flexibility index (Phi) is 4.11. The minimum Gasteiger partial charge on any atom is -0.294 e. The van der Waals surface area contributed by atoms with E-state index in [1.165, 1.54) is 0 Å². The van der Waals surface area contributed by atoms with Gasteiger partial charge in [-0.3, -0.25) is 14.9 Å². The predicted molar refractivity (Wildman–Crippen MR) is 71.5 cm³/mol. The molecule has 0 spiro atoms. The summed E-state index contributed by atoms with van der Waals surface area (Å²) in [6, 6.07) is 7.75. The van der Waals surface area contributed by atoms with Crippen molar-refractivity contribution in [1.82, 2.24) is 15.2 Å². The largest absolute Gasteiger partial charge is 0.294 e. The number of amides is 1. The molecule has 1 amide bonds. The molecule has 18 heavy (non-hydrogen) atoms. The van der Waals surface area contributed by atoms with Crippen LogP contribution >= 0.6 is 15.9 Å². The molecule has 2 aromatic rings. The molecule has 0 aliphatic carbocycles. The molecule has 2 rings (SSSR count). The minimum absolute atomic E-state index is 0.205. The van der Waals surface area contributed by atoms with E-state index in [0.29, 0.717) is 6.54 Å². The molecule has 0 bridgehead atoms. The fourth-order valence-corrected chi connectivity index (χ4v) is 2.04. The maximum Gasteiger partial charge on any atom is 0.238 e. The van der Waals surface area contributed by atoms with E-state index in [9.17, 15) is 4.79 Å². The lowest BCUT2D eigenvalue weighted by Gasteiger charge is -2.08. The first-order valence-corrected chi connectivity index (χ1v) is 6.22. The van der Waals surface area contributed by atoms with Crippen molar-refractivity contribution in [2.24, 2.45) is 5.84 Å². The highest BCUT2D eigenvalue weighted by Gasteiger charge is 2.07. The molecule has 0 aliphatic rings. The molecular weight excluding hydrogens is 296 g/mol. The lowest BCUT2D eigenvalue weighted by atomic mass is 10.0. The van der Waals surface area contributed by atoms with Crippen molar-refractivity contribution in [3.63, 3.8) is 0 Å². The highest BCUT2D eigenvalue weighted by Crippen LogP contribution is 2.13. The number of rotatable bonds is 4. The standard InChI is InChI=1S/C12H13BrN4O/c13-11-6-15-17(8-11)7-10-4-2-1-3-9(10)5-12(18)16-14/h1-4,6,8H,5,7,14H2,(H,16,18). The van der Waals surface area contributed by atoms with Crippen molar-refractivity contribution in [2.75, 3.05) is 0 Å². The van der Waals surface area contributed by atoms with Crippen molar-refractivity contribution < 1.29 is 4.79 Å². The monoisotopic (exact) mass is 308 g/mol. The summed E-state index contributed by atoms with van der Waals surface area (Å²) in [4.78, 5) is 11.3. The highest BCUT2D eigenvalue weighted by molar-refractivity contribution is 9.10. The van der Waals surface area contributed by atoms with Gasteiger partial charge >= 0.3 is 0 Å². The number of nitrogens with zero attached hydrogens (tertiary/aromatic N) is 2. The Balaban J connectivity index is 2.19. The van der Waals surface area contributed by atoms with Crippen LogP contribution in [0.2, 0.25) is 0 Å². The van der Waals surface area contributed by atoms with Crippen LogP contribution in [-0.4, -0.2) is 15.7 Å². The molecule has 0 atom stereocenters. The fraction of sp³-hybridized carbons (Fsp3) is 0.167. The molecule has 94 valence electrons. The van der Waals surface area contributed by atoms with Gasteiger partial charge in [-0.1, -0.05) is 24.3 Å². The summed E-state index contributed by atoms with van der Waals surface area (Å²) in [7, 11) is 0.